The minimum atomic E-state index is -0.0237. The smallest absolute Gasteiger partial charge is 0.241 e. The van der Waals surface area contributed by atoms with Crippen molar-refractivity contribution in [3.05, 3.63) is 35.9 Å². The zero-order valence-electron chi connectivity index (χ0n) is 15.8. The molecule has 0 spiro atoms. The van der Waals surface area contributed by atoms with E-state index in [1.54, 1.807) is 0 Å². The van der Waals surface area contributed by atoms with E-state index >= 15 is 0 Å². The highest BCUT2D eigenvalue weighted by atomic mass is 16.1. The Morgan fingerprint density at radius 1 is 1.16 bits per heavy atom. The van der Waals surface area contributed by atoms with Crippen LogP contribution in [0, 0.1) is 11.8 Å². The molecule has 138 valence electrons. The van der Waals surface area contributed by atoms with Crippen LogP contribution < -0.4 is 10.6 Å². The van der Waals surface area contributed by atoms with E-state index in [1.807, 2.05) is 18.2 Å². The van der Waals surface area contributed by atoms with Crippen molar-refractivity contribution in [2.45, 2.75) is 33.6 Å². The topological polar surface area (TPSA) is 56.7 Å². The van der Waals surface area contributed by atoms with Gasteiger partial charge < -0.3 is 15.5 Å². The van der Waals surface area contributed by atoms with Crippen molar-refractivity contribution in [3.8, 4) is 0 Å². The molecule has 25 heavy (non-hydrogen) atoms. The van der Waals surface area contributed by atoms with Gasteiger partial charge in [-0.2, -0.15) is 0 Å². The molecule has 2 unspecified atom stereocenters. The summed E-state index contributed by atoms with van der Waals surface area (Å²) < 4.78 is 0. The minimum absolute atomic E-state index is 0.0237. The highest BCUT2D eigenvalue weighted by Gasteiger charge is 2.24. The van der Waals surface area contributed by atoms with Gasteiger partial charge in [-0.15, -0.1) is 0 Å². The first kappa shape index (κ1) is 19.3. The second-order valence-electron chi connectivity index (χ2n) is 7.11. The Morgan fingerprint density at radius 2 is 1.84 bits per heavy atom. The lowest BCUT2D eigenvalue weighted by atomic mass is 9.92. The molecule has 0 radical (unpaired) electrons. The molecule has 0 saturated carbocycles. The lowest BCUT2D eigenvalue weighted by Gasteiger charge is -2.37. The number of hydrogen-bond donors (Lipinski definition) is 2. The molecule has 2 rings (SSSR count). The van der Waals surface area contributed by atoms with E-state index in [0.29, 0.717) is 18.4 Å². The van der Waals surface area contributed by atoms with E-state index in [2.05, 4.69) is 53.4 Å². The minimum Gasteiger partial charge on any atom is -0.357 e. The number of piperidine rings is 1. The van der Waals surface area contributed by atoms with Crippen molar-refractivity contribution < 1.29 is 4.79 Å². The van der Waals surface area contributed by atoms with Crippen molar-refractivity contribution in [2.24, 2.45) is 16.8 Å². The predicted octanol–water partition coefficient (Wildman–Crippen LogP) is 2.29. The maximum atomic E-state index is 12.1. The van der Waals surface area contributed by atoms with Crippen LogP contribution in [0.2, 0.25) is 0 Å². The average molecular weight is 345 g/mol. The van der Waals surface area contributed by atoms with Gasteiger partial charge in [-0.3, -0.25) is 4.79 Å². The Hall–Kier alpha value is -2.04. The molecule has 0 bridgehead atoms. The second kappa shape index (κ2) is 10.1. The van der Waals surface area contributed by atoms with Crippen LogP contribution in [-0.2, 0) is 11.2 Å². The van der Waals surface area contributed by atoms with Gasteiger partial charge in [-0.1, -0.05) is 44.2 Å². The normalized spacial score (nSPS) is 21.1. The number of amides is 1. The number of rotatable bonds is 6. The van der Waals surface area contributed by atoms with Crippen molar-refractivity contribution >= 4 is 11.9 Å². The quantitative estimate of drug-likeness (QED) is 0.615. The summed E-state index contributed by atoms with van der Waals surface area (Å²) in [7, 11) is 0. The molecule has 1 heterocycles. The Labute approximate surface area is 151 Å². The Kier molecular flexibility index (Phi) is 7.76. The summed E-state index contributed by atoms with van der Waals surface area (Å²) in [5.41, 5.74) is 1.23. The first-order valence-electron chi connectivity index (χ1n) is 9.42. The molecule has 5 nitrogen and oxygen atoms in total. The van der Waals surface area contributed by atoms with Crippen LogP contribution >= 0.6 is 0 Å². The molecule has 1 aliphatic heterocycles. The van der Waals surface area contributed by atoms with Crippen LogP contribution in [-0.4, -0.2) is 49.5 Å². The fraction of sp³-hybridized carbons (Fsp3) is 0.600. The Bertz CT molecular complexity index is 548. The largest absolute Gasteiger partial charge is 0.357 e. The monoisotopic (exact) mass is 344 g/mol. The van der Waals surface area contributed by atoms with E-state index in [4.69, 9.17) is 0 Å². The first-order valence-corrected chi connectivity index (χ1v) is 9.42. The highest BCUT2D eigenvalue weighted by Crippen LogP contribution is 2.20. The maximum absolute atomic E-state index is 12.1. The lowest BCUT2D eigenvalue weighted by molar-refractivity contribution is -0.119. The summed E-state index contributed by atoms with van der Waals surface area (Å²) in [5, 5.41) is 6.28. The molecule has 2 N–H and O–H groups in total. The summed E-state index contributed by atoms with van der Waals surface area (Å²) in [6.07, 6.45) is 2.10. The van der Waals surface area contributed by atoms with E-state index in [0.717, 1.165) is 32.0 Å². The summed E-state index contributed by atoms with van der Waals surface area (Å²) in [6.45, 7) is 10.3. The molecule has 2 atom stereocenters. The SMILES string of the molecule is CCNC(=NCC(=O)NCCc1ccccc1)N1CC(C)CC(C)C1. The molecule has 1 saturated heterocycles. The third-order valence-electron chi connectivity index (χ3n) is 4.45. The van der Waals surface area contributed by atoms with E-state index < -0.39 is 0 Å². The molecule has 1 aromatic carbocycles. The first-order chi connectivity index (χ1) is 12.1. The molecule has 5 heteroatoms. The molecular formula is C20H32N4O. The summed E-state index contributed by atoms with van der Waals surface area (Å²) in [6, 6.07) is 10.2. The molecule has 1 fully saturated rings. The van der Waals surface area contributed by atoms with Gasteiger partial charge in [0.1, 0.15) is 6.54 Å². The molecule has 1 amide bonds. The molecule has 0 aliphatic carbocycles. The fourth-order valence-corrected chi connectivity index (χ4v) is 3.46. The second-order valence-corrected chi connectivity index (χ2v) is 7.11. The number of benzene rings is 1. The van der Waals surface area contributed by atoms with Gasteiger partial charge in [0.25, 0.3) is 0 Å². The van der Waals surface area contributed by atoms with Crippen molar-refractivity contribution in [1.29, 1.82) is 0 Å². The number of nitrogens with one attached hydrogen (secondary N) is 2. The van der Waals surface area contributed by atoms with Crippen LogP contribution in [0.4, 0.5) is 0 Å². The summed E-state index contributed by atoms with van der Waals surface area (Å²) in [4.78, 5) is 18.9. The fourth-order valence-electron chi connectivity index (χ4n) is 3.46. The van der Waals surface area contributed by atoms with Crippen molar-refractivity contribution in [2.75, 3.05) is 32.7 Å². The standard InChI is InChI=1S/C20H32N4O/c1-4-21-20(24-14-16(2)12-17(3)15-24)23-13-19(25)22-11-10-18-8-6-5-7-9-18/h5-9,16-17H,4,10-15H2,1-3H3,(H,21,23)(H,22,25). The number of nitrogens with zero attached hydrogens (tertiary/aromatic N) is 2. The average Bonchev–Trinajstić information content (AvgIpc) is 2.58. The van der Waals surface area contributed by atoms with Gasteiger partial charge in [-0.25, -0.2) is 4.99 Å². The zero-order chi connectivity index (χ0) is 18.1. The zero-order valence-corrected chi connectivity index (χ0v) is 15.8. The summed E-state index contributed by atoms with van der Waals surface area (Å²) in [5.74, 6) is 2.16. The van der Waals surface area contributed by atoms with E-state index in [9.17, 15) is 4.79 Å². The van der Waals surface area contributed by atoms with Gasteiger partial charge >= 0.3 is 0 Å². The predicted molar refractivity (Wildman–Crippen MR) is 104 cm³/mol. The third-order valence-corrected chi connectivity index (χ3v) is 4.45. The van der Waals surface area contributed by atoms with Gasteiger partial charge in [0.15, 0.2) is 5.96 Å². The maximum Gasteiger partial charge on any atom is 0.241 e. The summed E-state index contributed by atoms with van der Waals surface area (Å²) >= 11 is 0. The van der Waals surface area contributed by atoms with Crippen molar-refractivity contribution in [1.82, 2.24) is 15.5 Å². The number of guanidine groups is 1. The van der Waals surface area contributed by atoms with Crippen molar-refractivity contribution in [3.63, 3.8) is 0 Å². The van der Waals surface area contributed by atoms with Gasteiger partial charge in [-0.05, 0) is 37.2 Å². The van der Waals surface area contributed by atoms with E-state index in [1.165, 1.54) is 12.0 Å². The van der Waals surface area contributed by atoms with Crippen LogP contribution in [0.3, 0.4) is 0 Å². The van der Waals surface area contributed by atoms with E-state index in [-0.39, 0.29) is 12.5 Å². The van der Waals surface area contributed by atoms with Crippen LogP contribution in [0.15, 0.2) is 35.3 Å². The lowest BCUT2D eigenvalue weighted by Crippen LogP contribution is -2.48. The molecule has 1 aromatic rings. The van der Waals surface area contributed by atoms with Gasteiger partial charge in [0.05, 0.1) is 0 Å². The highest BCUT2D eigenvalue weighted by molar-refractivity contribution is 5.85. The number of hydrogen-bond acceptors (Lipinski definition) is 2. The number of carbonyl (C=O) groups excluding carboxylic acids is 1. The third kappa shape index (κ3) is 6.77. The van der Waals surface area contributed by atoms with Crippen LogP contribution in [0.1, 0.15) is 32.8 Å². The molecular weight excluding hydrogens is 312 g/mol. The molecule has 1 aliphatic rings. The van der Waals surface area contributed by atoms with Crippen LogP contribution in [0.5, 0.6) is 0 Å². The number of carbonyl (C=O) groups is 1. The molecule has 0 aromatic heterocycles. The Balaban J connectivity index is 1.82. The van der Waals surface area contributed by atoms with Gasteiger partial charge in [0.2, 0.25) is 5.91 Å². The Morgan fingerprint density at radius 3 is 2.48 bits per heavy atom. The van der Waals surface area contributed by atoms with Gasteiger partial charge in [0, 0.05) is 26.2 Å². The number of likely N-dealkylation sites (tertiary alicyclic amines) is 1. The van der Waals surface area contributed by atoms with Crippen LogP contribution in [0.25, 0.3) is 0 Å². The number of aliphatic imine (C=N–C) groups is 1.